The van der Waals surface area contributed by atoms with Gasteiger partial charge in [0.2, 0.25) is 0 Å². The molecule has 0 spiro atoms. The van der Waals surface area contributed by atoms with Crippen LogP contribution >= 0.6 is 7.43 Å². The van der Waals surface area contributed by atoms with E-state index in [9.17, 15) is 0 Å². The molecule has 146 valence electrons. The molecule has 0 fully saturated rings. The molecule has 4 nitrogen and oxygen atoms in total. The number of para-hydroxylation sites is 2. The summed E-state index contributed by atoms with van der Waals surface area (Å²) in [6.07, 6.45) is 0. The third-order valence-corrected chi connectivity index (χ3v) is 9.45. The van der Waals surface area contributed by atoms with Crippen LogP contribution in [0.1, 0.15) is 16.7 Å². The molecule has 1 heterocycles. The summed E-state index contributed by atoms with van der Waals surface area (Å²) in [5.74, 6) is 0.757. The molecule has 4 rings (SSSR count). The Balaban J connectivity index is 2.13. The zero-order valence-corrected chi connectivity index (χ0v) is 17.9. The van der Waals surface area contributed by atoms with E-state index in [1.54, 1.807) is 14.2 Å². The van der Waals surface area contributed by atoms with Crippen molar-refractivity contribution in [1.29, 1.82) is 0 Å². The van der Waals surface area contributed by atoms with Gasteiger partial charge in [-0.3, -0.25) is 0 Å². The van der Waals surface area contributed by atoms with Crippen molar-refractivity contribution < 1.29 is 13.6 Å². The van der Waals surface area contributed by atoms with Crippen LogP contribution in [0.4, 0.5) is 11.4 Å². The molecule has 0 aliphatic carbocycles. The van der Waals surface area contributed by atoms with Crippen molar-refractivity contribution in [2.24, 2.45) is 0 Å². The van der Waals surface area contributed by atoms with Crippen molar-refractivity contribution in [2.75, 3.05) is 18.9 Å². The zero-order valence-electron chi connectivity index (χ0n) is 17.0. The summed E-state index contributed by atoms with van der Waals surface area (Å²) in [6.45, 7) is 6.36. The molecule has 0 aromatic heterocycles. The molecule has 0 N–H and O–H groups in total. The summed E-state index contributed by atoms with van der Waals surface area (Å²) in [5, 5.41) is 0.883. The molecule has 0 saturated carbocycles. The fourth-order valence-electron chi connectivity index (χ4n) is 4.28. The second-order valence-corrected chi connectivity index (χ2v) is 10.7. The number of hydrogen-bond acceptors (Lipinski definition) is 4. The van der Waals surface area contributed by atoms with E-state index in [2.05, 4.69) is 43.6 Å². The van der Waals surface area contributed by atoms with Gasteiger partial charge in [-0.15, -0.1) is 0 Å². The monoisotopic (exact) mass is 395 g/mol. The van der Waals surface area contributed by atoms with Crippen LogP contribution in [0.2, 0.25) is 0 Å². The quantitative estimate of drug-likeness (QED) is 0.509. The van der Waals surface area contributed by atoms with Gasteiger partial charge >= 0.3 is 167 Å². The number of benzene rings is 3. The van der Waals surface area contributed by atoms with Crippen LogP contribution in [0.3, 0.4) is 0 Å². The molecule has 1 aliphatic rings. The van der Waals surface area contributed by atoms with Crippen LogP contribution in [0.5, 0.6) is 5.75 Å². The van der Waals surface area contributed by atoms with Crippen molar-refractivity contribution >= 4 is 24.1 Å². The minimum absolute atomic E-state index is 0.757. The van der Waals surface area contributed by atoms with Gasteiger partial charge in [-0.1, -0.05) is 0 Å². The van der Waals surface area contributed by atoms with Gasteiger partial charge < -0.3 is 0 Å². The van der Waals surface area contributed by atoms with E-state index >= 15 is 0 Å². The summed E-state index contributed by atoms with van der Waals surface area (Å²) in [7, 11) is -0.592. The first kappa shape index (κ1) is 18.9. The average molecular weight is 395 g/mol. The van der Waals surface area contributed by atoms with E-state index in [0.717, 1.165) is 33.6 Å². The molecule has 3 aromatic carbocycles. The van der Waals surface area contributed by atoms with Gasteiger partial charge in [0.15, 0.2) is 0 Å². The molecule has 3 aromatic rings. The van der Waals surface area contributed by atoms with Gasteiger partial charge in [0, 0.05) is 0 Å². The van der Waals surface area contributed by atoms with Crippen molar-refractivity contribution in [3.63, 3.8) is 0 Å². The van der Waals surface area contributed by atoms with E-state index in [-0.39, 0.29) is 0 Å². The molecule has 0 atom stereocenters. The first-order valence-electron chi connectivity index (χ1n) is 9.33. The summed E-state index contributed by atoms with van der Waals surface area (Å²) < 4.78 is 21.5. The van der Waals surface area contributed by atoms with Gasteiger partial charge in [0.05, 0.1) is 0 Å². The maximum absolute atomic E-state index is 6.69. The van der Waals surface area contributed by atoms with Crippen LogP contribution in [-0.4, -0.2) is 14.2 Å². The molecule has 0 bridgehead atoms. The molecule has 5 heteroatoms. The Bertz CT molecular complexity index is 1010. The molecule has 0 saturated heterocycles. The Labute approximate surface area is 166 Å². The predicted molar refractivity (Wildman–Crippen MR) is 117 cm³/mol. The average Bonchev–Trinajstić information content (AvgIpc) is 3.01. The molecular weight excluding hydrogens is 369 g/mol. The first-order valence-corrected chi connectivity index (χ1v) is 11.3. The van der Waals surface area contributed by atoms with E-state index in [4.69, 9.17) is 13.6 Å². The molecular formula is C23H26NO3P. The van der Waals surface area contributed by atoms with Crippen molar-refractivity contribution in [3.8, 4) is 5.75 Å². The summed E-state index contributed by atoms with van der Waals surface area (Å²) >= 11 is 0. The maximum atomic E-state index is 6.69. The minimum atomic E-state index is -3.94. The van der Waals surface area contributed by atoms with E-state index in [1.807, 2.05) is 48.5 Å². The van der Waals surface area contributed by atoms with Crippen LogP contribution < -0.4 is 14.5 Å². The number of anilines is 2. The Kier molecular flexibility index (Phi) is 4.46. The van der Waals surface area contributed by atoms with Gasteiger partial charge in [-0.25, -0.2) is 0 Å². The van der Waals surface area contributed by atoms with E-state index < -0.39 is 7.43 Å². The second kappa shape index (κ2) is 6.59. The van der Waals surface area contributed by atoms with Gasteiger partial charge in [-0.05, 0) is 0 Å². The fraction of sp³-hybridized carbons (Fsp3) is 0.217. The standard InChI is InChI=1S/C23H26NO3P/c1-17-15-18(2)23(19(3)16-17)24-21-13-9-10-14-22(21)27-28(24,25-4,26-5)20-11-7-6-8-12-20/h6-16H,1-5H3. The van der Waals surface area contributed by atoms with Gasteiger partial charge in [-0.2, -0.15) is 0 Å². The summed E-state index contributed by atoms with van der Waals surface area (Å²) in [6, 6.07) is 22.4. The van der Waals surface area contributed by atoms with Crippen LogP contribution in [-0.2, 0) is 9.05 Å². The van der Waals surface area contributed by atoms with Crippen LogP contribution in [0.25, 0.3) is 0 Å². The first-order chi connectivity index (χ1) is 13.5. The van der Waals surface area contributed by atoms with Gasteiger partial charge in [0.25, 0.3) is 0 Å². The number of fused-ring (bicyclic) bond motifs is 1. The number of rotatable bonds is 4. The summed E-state index contributed by atoms with van der Waals surface area (Å²) in [5.41, 5.74) is 5.53. The number of nitrogens with zero attached hydrogens (tertiary/aromatic N) is 1. The molecule has 28 heavy (non-hydrogen) atoms. The van der Waals surface area contributed by atoms with Crippen molar-refractivity contribution in [1.82, 2.24) is 0 Å². The topological polar surface area (TPSA) is 30.9 Å². The molecule has 0 amide bonds. The number of hydrogen-bond donors (Lipinski definition) is 0. The zero-order chi connectivity index (χ0) is 20.0. The summed E-state index contributed by atoms with van der Waals surface area (Å²) in [4.78, 5) is 0. The molecule has 0 unspecified atom stereocenters. The van der Waals surface area contributed by atoms with Gasteiger partial charge in [0.1, 0.15) is 0 Å². The van der Waals surface area contributed by atoms with E-state index in [1.165, 1.54) is 5.56 Å². The third kappa shape index (κ3) is 2.42. The molecule has 1 aliphatic heterocycles. The number of aryl methyl sites for hydroxylation is 3. The Morgan fingerprint density at radius 1 is 0.786 bits per heavy atom. The fourth-order valence-corrected chi connectivity index (χ4v) is 8.11. The Morgan fingerprint density at radius 2 is 1.36 bits per heavy atom. The van der Waals surface area contributed by atoms with E-state index in [0.29, 0.717) is 0 Å². The second-order valence-electron chi connectivity index (χ2n) is 7.16. The SMILES string of the molecule is COP1(OC)(c2ccccc2)Oc2ccccc2N1c1c(C)cc(C)cc1C. The Morgan fingerprint density at radius 3 is 1.96 bits per heavy atom. The van der Waals surface area contributed by atoms with Crippen molar-refractivity contribution in [2.45, 2.75) is 20.8 Å². The normalized spacial score (nSPS) is 18.0. The Hall–Kier alpha value is -2.39. The third-order valence-electron chi connectivity index (χ3n) is 5.38. The van der Waals surface area contributed by atoms with Crippen molar-refractivity contribution in [3.05, 3.63) is 83.4 Å². The predicted octanol–water partition coefficient (Wildman–Crippen LogP) is 5.97. The van der Waals surface area contributed by atoms with Crippen LogP contribution in [0, 0.1) is 20.8 Å². The molecule has 0 radical (unpaired) electrons. The van der Waals surface area contributed by atoms with Crippen LogP contribution in [0.15, 0.2) is 66.7 Å².